The fourth-order valence-electron chi connectivity index (χ4n) is 2.56. The fraction of sp³-hybridized carbons (Fsp3) is 1.00. The Labute approximate surface area is 107 Å². The minimum atomic E-state index is 0. The van der Waals surface area contributed by atoms with Gasteiger partial charge in [-0.2, -0.15) is 0 Å². The zero-order valence-corrected chi connectivity index (χ0v) is 12.2. The maximum atomic E-state index is 2.32. The van der Waals surface area contributed by atoms with Crippen molar-refractivity contribution in [3.05, 3.63) is 0 Å². The fourth-order valence-corrected chi connectivity index (χ4v) is 2.56. The van der Waals surface area contributed by atoms with Gasteiger partial charge in [-0.3, -0.25) is 0 Å². The van der Waals surface area contributed by atoms with Gasteiger partial charge in [0, 0.05) is 12.8 Å². The number of hydrogen-bond acceptors (Lipinski definition) is 2. The SMILES string of the molecule is C[N+]1(C)CCCC1.C[N+]1(C)CCCCC1.[OH-].[OH-]. The number of hydrogen-bond donors (Lipinski definition) is 0. The third-order valence-corrected chi connectivity index (χ3v) is 3.80. The molecule has 2 aliphatic rings. The Balaban J connectivity index is 0. The van der Waals surface area contributed by atoms with Crippen LogP contribution in [0.5, 0.6) is 0 Å². The van der Waals surface area contributed by atoms with Gasteiger partial charge >= 0.3 is 0 Å². The highest BCUT2D eigenvalue weighted by Gasteiger charge is 2.20. The van der Waals surface area contributed by atoms with Crippen molar-refractivity contribution in [2.24, 2.45) is 0 Å². The number of rotatable bonds is 0. The summed E-state index contributed by atoms with van der Waals surface area (Å²) in [4.78, 5) is 0. The van der Waals surface area contributed by atoms with E-state index >= 15 is 0 Å². The largest absolute Gasteiger partial charge is 0.870 e. The molecule has 0 unspecified atom stereocenters. The van der Waals surface area contributed by atoms with Crippen LogP contribution in [-0.4, -0.2) is 74.3 Å². The predicted octanol–water partition coefficient (Wildman–Crippen LogP) is 1.75. The van der Waals surface area contributed by atoms with Gasteiger partial charge in [-0.15, -0.1) is 0 Å². The number of quaternary nitrogens is 2. The summed E-state index contributed by atoms with van der Waals surface area (Å²) < 4.78 is 2.50. The lowest BCUT2D eigenvalue weighted by atomic mass is 10.1. The molecule has 0 bridgehead atoms. The third-order valence-electron chi connectivity index (χ3n) is 3.80. The minimum absolute atomic E-state index is 0. The number of nitrogens with zero attached hydrogens (tertiary/aromatic N) is 2. The van der Waals surface area contributed by atoms with Crippen LogP contribution in [0.3, 0.4) is 0 Å². The molecule has 2 saturated heterocycles. The maximum absolute atomic E-state index is 2.32. The van der Waals surface area contributed by atoms with Crippen LogP contribution < -0.4 is 0 Å². The lowest BCUT2D eigenvalue weighted by Gasteiger charge is -2.33. The van der Waals surface area contributed by atoms with E-state index in [1.165, 1.54) is 67.2 Å². The molecule has 2 aliphatic heterocycles. The molecule has 0 radical (unpaired) electrons. The molecular weight excluding hydrogens is 216 g/mol. The monoisotopic (exact) mass is 248 g/mol. The van der Waals surface area contributed by atoms with Crippen LogP contribution in [0.1, 0.15) is 32.1 Å². The van der Waals surface area contributed by atoms with E-state index in [4.69, 9.17) is 0 Å². The molecule has 0 amide bonds. The maximum Gasteiger partial charge on any atom is 0.0784 e. The van der Waals surface area contributed by atoms with Crippen molar-refractivity contribution >= 4 is 0 Å². The molecule has 2 heterocycles. The second-order valence-electron chi connectivity index (χ2n) is 6.53. The molecule has 106 valence electrons. The van der Waals surface area contributed by atoms with Crippen LogP contribution in [0, 0.1) is 0 Å². The topological polar surface area (TPSA) is 60.0 Å². The normalized spacial score (nSPS) is 24.7. The molecule has 0 aromatic carbocycles. The van der Waals surface area contributed by atoms with Crippen molar-refractivity contribution in [3.8, 4) is 0 Å². The number of piperidine rings is 1. The highest BCUT2D eigenvalue weighted by molar-refractivity contribution is 4.48. The molecule has 0 saturated carbocycles. The summed E-state index contributed by atoms with van der Waals surface area (Å²) in [5, 5.41) is 0. The molecule has 2 N–H and O–H groups in total. The van der Waals surface area contributed by atoms with E-state index in [9.17, 15) is 0 Å². The summed E-state index contributed by atoms with van der Waals surface area (Å²) in [6.45, 7) is 5.56. The molecule has 0 aliphatic carbocycles. The van der Waals surface area contributed by atoms with Gasteiger partial charge in [-0.25, -0.2) is 0 Å². The molecule has 0 atom stereocenters. The van der Waals surface area contributed by atoms with Crippen LogP contribution in [0.25, 0.3) is 0 Å². The van der Waals surface area contributed by atoms with Gasteiger partial charge in [0.05, 0.1) is 54.4 Å². The smallest absolute Gasteiger partial charge is 0.0784 e. The lowest BCUT2D eigenvalue weighted by Crippen LogP contribution is -2.43. The van der Waals surface area contributed by atoms with Crippen molar-refractivity contribution in [1.29, 1.82) is 0 Å². The summed E-state index contributed by atoms with van der Waals surface area (Å²) in [5.41, 5.74) is 0. The summed E-state index contributed by atoms with van der Waals surface area (Å²) in [7, 11) is 9.23. The first-order valence-corrected chi connectivity index (χ1v) is 6.55. The average Bonchev–Trinajstić information content (AvgIpc) is 2.51. The van der Waals surface area contributed by atoms with E-state index in [-0.39, 0.29) is 11.0 Å². The van der Waals surface area contributed by atoms with Gasteiger partial charge in [0.1, 0.15) is 0 Å². The van der Waals surface area contributed by atoms with E-state index in [0.29, 0.717) is 0 Å². The Morgan fingerprint density at radius 3 is 0.882 bits per heavy atom. The van der Waals surface area contributed by atoms with Crippen LogP contribution in [0.4, 0.5) is 0 Å². The van der Waals surface area contributed by atoms with E-state index in [1.54, 1.807) is 0 Å². The first-order valence-electron chi connectivity index (χ1n) is 6.55. The average molecular weight is 248 g/mol. The minimum Gasteiger partial charge on any atom is -0.870 e. The highest BCUT2D eigenvalue weighted by atomic mass is 16.0. The van der Waals surface area contributed by atoms with Crippen LogP contribution in [0.15, 0.2) is 0 Å². The van der Waals surface area contributed by atoms with Crippen LogP contribution in [0.2, 0.25) is 0 Å². The first kappa shape index (κ1) is 19.2. The van der Waals surface area contributed by atoms with Gasteiger partial charge in [0.2, 0.25) is 0 Å². The Bertz CT molecular complexity index is 178. The van der Waals surface area contributed by atoms with Crippen molar-refractivity contribution in [1.82, 2.24) is 0 Å². The molecular formula is C13H32N2O2. The zero-order chi connectivity index (χ0) is 11.4. The number of likely N-dealkylation sites (tertiary alicyclic amines) is 2. The molecule has 0 aromatic rings. The zero-order valence-electron chi connectivity index (χ0n) is 12.2. The Hall–Kier alpha value is -0.160. The molecule has 2 rings (SSSR count). The first-order chi connectivity index (χ1) is 6.91. The molecule has 4 heteroatoms. The van der Waals surface area contributed by atoms with E-state index in [1.807, 2.05) is 0 Å². The lowest BCUT2D eigenvalue weighted by molar-refractivity contribution is -0.894. The van der Waals surface area contributed by atoms with Gasteiger partial charge < -0.3 is 19.9 Å². The van der Waals surface area contributed by atoms with Crippen molar-refractivity contribution < 1.29 is 19.9 Å². The molecule has 0 aromatic heterocycles. The van der Waals surface area contributed by atoms with Crippen LogP contribution >= 0.6 is 0 Å². The van der Waals surface area contributed by atoms with Crippen molar-refractivity contribution in [2.45, 2.75) is 32.1 Å². The Morgan fingerprint density at radius 2 is 0.706 bits per heavy atom. The summed E-state index contributed by atoms with van der Waals surface area (Å²) in [5.74, 6) is 0. The molecule has 2 fully saturated rings. The summed E-state index contributed by atoms with van der Waals surface area (Å²) >= 11 is 0. The molecule has 4 nitrogen and oxygen atoms in total. The summed E-state index contributed by atoms with van der Waals surface area (Å²) in [6, 6.07) is 0. The molecule has 0 spiro atoms. The Morgan fingerprint density at radius 1 is 0.471 bits per heavy atom. The van der Waals surface area contributed by atoms with Crippen LogP contribution in [-0.2, 0) is 0 Å². The second kappa shape index (κ2) is 8.03. The molecule has 17 heavy (non-hydrogen) atoms. The standard InChI is InChI=1S/C7H16N.C6H14N.2H2O/c1-8(2)6-4-3-5-7-8;1-7(2)5-3-4-6-7;;/h3-7H2,1-2H3;3-6H2,1-2H3;2*1H2/q2*+1;;/p-2. The van der Waals surface area contributed by atoms with Crippen molar-refractivity contribution in [3.63, 3.8) is 0 Å². The quantitative estimate of drug-likeness (QED) is 0.613. The second-order valence-corrected chi connectivity index (χ2v) is 6.53. The van der Waals surface area contributed by atoms with E-state index < -0.39 is 0 Å². The van der Waals surface area contributed by atoms with E-state index in [2.05, 4.69) is 28.2 Å². The van der Waals surface area contributed by atoms with Gasteiger partial charge in [0.15, 0.2) is 0 Å². The van der Waals surface area contributed by atoms with E-state index in [0.717, 1.165) is 0 Å². The summed E-state index contributed by atoms with van der Waals surface area (Å²) in [6.07, 6.45) is 7.21. The Kier molecular flexibility index (Phi) is 9.06. The predicted molar refractivity (Wildman–Crippen MR) is 70.6 cm³/mol. The van der Waals surface area contributed by atoms with Gasteiger partial charge in [0.25, 0.3) is 0 Å². The van der Waals surface area contributed by atoms with Crippen molar-refractivity contribution in [2.75, 3.05) is 54.4 Å². The van der Waals surface area contributed by atoms with Gasteiger partial charge in [-0.1, -0.05) is 0 Å². The highest BCUT2D eigenvalue weighted by Crippen LogP contribution is 2.12. The third kappa shape index (κ3) is 8.55. The van der Waals surface area contributed by atoms with Gasteiger partial charge in [-0.05, 0) is 19.3 Å².